The monoisotopic (exact) mass is 374 g/mol. The highest BCUT2D eigenvalue weighted by atomic mass is 16.2. The van der Waals surface area contributed by atoms with Gasteiger partial charge in [0.25, 0.3) is 11.1 Å². The van der Waals surface area contributed by atoms with Crippen molar-refractivity contribution in [2.45, 2.75) is 46.3 Å². The third-order valence-electron chi connectivity index (χ3n) is 4.48. The van der Waals surface area contributed by atoms with Gasteiger partial charge in [0.1, 0.15) is 0 Å². The van der Waals surface area contributed by atoms with Crippen molar-refractivity contribution in [3.63, 3.8) is 0 Å². The van der Waals surface area contributed by atoms with Gasteiger partial charge in [0.15, 0.2) is 0 Å². The molecule has 3 rings (SSSR count). The maximum atomic E-state index is 12.1. The molecule has 3 N–H and O–H groups in total. The van der Waals surface area contributed by atoms with Crippen LogP contribution in [0.15, 0.2) is 21.7 Å². The Labute approximate surface area is 156 Å². The summed E-state index contributed by atoms with van der Waals surface area (Å²) in [6.45, 7) is 8.59. The Balaban J connectivity index is 1.59. The average molecular weight is 374 g/mol. The van der Waals surface area contributed by atoms with Crippen LogP contribution in [0.3, 0.4) is 0 Å². The van der Waals surface area contributed by atoms with Gasteiger partial charge in [-0.05, 0) is 18.4 Å². The van der Waals surface area contributed by atoms with E-state index in [9.17, 15) is 14.4 Å². The summed E-state index contributed by atoms with van der Waals surface area (Å²) >= 11 is 0. The van der Waals surface area contributed by atoms with Gasteiger partial charge in [-0.1, -0.05) is 13.8 Å². The first-order valence-electron chi connectivity index (χ1n) is 9.26. The zero-order valence-corrected chi connectivity index (χ0v) is 15.7. The van der Waals surface area contributed by atoms with Crippen LogP contribution in [0.25, 0.3) is 0 Å². The number of aryl methyl sites for hydroxylation is 1. The lowest BCUT2D eigenvalue weighted by Gasteiger charge is -2.21. The van der Waals surface area contributed by atoms with E-state index in [4.69, 9.17) is 0 Å². The highest BCUT2D eigenvalue weighted by molar-refractivity contribution is 5.78. The van der Waals surface area contributed by atoms with Crippen LogP contribution in [0.4, 0.5) is 0 Å². The number of nitrogens with one attached hydrogen (secondary N) is 3. The largest absolute Gasteiger partial charge is 0.350 e. The lowest BCUT2D eigenvalue weighted by atomic mass is 10.2. The standard InChI is InChI=1S/C18H26N6O3/c1-12(2)10-23-4-3-5-24-15(11-23)8-14(22-24)9-19-16(25)6-13-7-17(26)20-21-18(13)27/h7-8,12H,3-6,9-11H2,1-2H3,(H,19,25)(H,20,26)(H,21,27). The molecule has 3 heterocycles. The van der Waals surface area contributed by atoms with Crippen LogP contribution >= 0.6 is 0 Å². The topological polar surface area (TPSA) is 116 Å². The molecule has 0 saturated heterocycles. The highest BCUT2D eigenvalue weighted by Crippen LogP contribution is 2.15. The fourth-order valence-corrected chi connectivity index (χ4v) is 3.36. The van der Waals surface area contributed by atoms with Crippen LogP contribution in [-0.4, -0.2) is 43.9 Å². The zero-order valence-electron chi connectivity index (χ0n) is 15.7. The van der Waals surface area contributed by atoms with Crippen molar-refractivity contribution in [3.05, 3.63) is 49.8 Å². The second-order valence-electron chi connectivity index (χ2n) is 7.40. The van der Waals surface area contributed by atoms with Gasteiger partial charge in [-0.15, -0.1) is 0 Å². The molecule has 0 aliphatic carbocycles. The number of aromatic nitrogens is 4. The normalized spacial score (nSPS) is 14.8. The molecule has 9 nitrogen and oxygen atoms in total. The first-order chi connectivity index (χ1) is 12.9. The lowest BCUT2D eigenvalue weighted by molar-refractivity contribution is -0.120. The van der Waals surface area contributed by atoms with E-state index in [1.807, 2.05) is 10.7 Å². The van der Waals surface area contributed by atoms with E-state index in [0.717, 1.165) is 50.1 Å². The van der Waals surface area contributed by atoms with E-state index in [2.05, 4.69) is 39.4 Å². The van der Waals surface area contributed by atoms with Gasteiger partial charge in [-0.3, -0.25) is 34.2 Å². The summed E-state index contributed by atoms with van der Waals surface area (Å²) in [6.07, 6.45) is 0.910. The fourth-order valence-electron chi connectivity index (χ4n) is 3.36. The van der Waals surface area contributed by atoms with Crippen LogP contribution in [-0.2, 0) is 30.8 Å². The number of hydrogen-bond acceptors (Lipinski definition) is 5. The van der Waals surface area contributed by atoms with Gasteiger partial charge in [0.2, 0.25) is 5.91 Å². The molecule has 2 aromatic rings. The third kappa shape index (κ3) is 5.16. The average Bonchev–Trinajstić information content (AvgIpc) is 2.88. The van der Waals surface area contributed by atoms with Crippen LogP contribution in [0.1, 0.15) is 37.2 Å². The van der Waals surface area contributed by atoms with Gasteiger partial charge < -0.3 is 5.32 Å². The molecule has 146 valence electrons. The molecule has 0 saturated carbocycles. The molecule has 0 unspecified atom stereocenters. The maximum absolute atomic E-state index is 12.1. The summed E-state index contributed by atoms with van der Waals surface area (Å²) in [6, 6.07) is 3.17. The maximum Gasteiger partial charge on any atom is 0.266 e. The molecule has 0 fully saturated rings. The summed E-state index contributed by atoms with van der Waals surface area (Å²) < 4.78 is 2.02. The summed E-state index contributed by atoms with van der Waals surface area (Å²) in [5.41, 5.74) is 1.18. The number of hydrogen-bond donors (Lipinski definition) is 3. The Morgan fingerprint density at radius 2 is 2.07 bits per heavy atom. The SMILES string of the molecule is CC(C)CN1CCCn2nc(CNC(=O)Cc3cc(=O)[nH][nH]c3=O)cc2C1. The van der Waals surface area contributed by atoms with E-state index < -0.39 is 11.1 Å². The second kappa shape index (κ2) is 8.34. The van der Waals surface area contributed by atoms with Crippen molar-refractivity contribution in [1.29, 1.82) is 0 Å². The van der Waals surface area contributed by atoms with Crippen LogP contribution in [0.2, 0.25) is 0 Å². The molecule has 0 radical (unpaired) electrons. The molecule has 0 bridgehead atoms. The third-order valence-corrected chi connectivity index (χ3v) is 4.48. The first kappa shape index (κ1) is 19.1. The van der Waals surface area contributed by atoms with Gasteiger partial charge in [0.05, 0.1) is 24.4 Å². The number of nitrogens with zero attached hydrogens (tertiary/aromatic N) is 3. The molecule has 0 atom stereocenters. The van der Waals surface area contributed by atoms with E-state index in [1.54, 1.807) is 0 Å². The Morgan fingerprint density at radius 3 is 2.85 bits per heavy atom. The highest BCUT2D eigenvalue weighted by Gasteiger charge is 2.17. The van der Waals surface area contributed by atoms with E-state index >= 15 is 0 Å². The molecule has 1 amide bonds. The number of H-pyrrole nitrogens is 2. The van der Waals surface area contributed by atoms with Crippen molar-refractivity contribution < 1.29 is 4.79 Å². The van der Waals surface area contributed by atoms with Crippen molar-refractivity contribution in [2.75, 3.05) is 13.1 Å². The van der Waals surface area contributed by atoms with Crippen LogP contribution in [0, 0.1) is 5.92 Å². The zero-order chi connectivity index (χ0) is 19.4. The predicted molar refractivity (Wildman–Crippen MR) is 100 cm³/mol. The molecular formula is C18H26N6O3. The molecule has 2 aromatic heterocycles. The van der Waals surface area contributed by atoms with Crippen molar-refractivity contribution in [1.82, 2.24) is 30.2 Å². The Bertz CT molecular complexity index is 910. The Kier molecular flexibility index (Phi) is 5.90. The van der Waals surface area contributed by atoms with E-state index in [0.29, 0.717) is 12.5 Å². The summed E-state index contributed by atoms with van der Waals surface area (Å²) in [5.74, 6) is 0.294. The van der Waals surface area contributed by atoms with Crippen LogP contribution in [0.5, 0.6) is 0 Å². The van der Waals surface area contributed by atoms with Crippen molar-refractivity contribution in [2.24, 2.45) is 5.92 Å². The fraction of sp³-hybridized carbons (Fsp3) is 0.556. The lowest BCUT2D eigenvalue weighted by Crippen LogP contribution is -2.30. The Hall–Kier alpha value is -2.68. The summed E-state index contributed by atoms with van der Waals surface area (Å²) in [7, 11) is 0. The molecule has 0 spiro atoms. The Morgan fingerprint density at radius 1 is 1.26 bits per heavy atom. The van der Waals surface area contributed by atoms with Crippen LogP contribution < -0.4 is 16.4 Å². The number of rotatable bonds is 6. The van der Waals surface area contributed by atoms with Crippen molar-refractivity contribution in [3.8, 4) is 0 Å². The molecule has 1 aliphatic heterocycles. The molecule has 1 aliphatic rings. The number of carbonyl (C=O) groups is 1. The number of carbonyl (C=O) groups excluding carboxylic acids is 1. The first-order valence-corrected chi connectivity index (χ1v) is 9.26. The minimum Gasteiger partial charge on any atom is -0.350 e. The molecule has 27 heavy (non-hydrogen) atoms. The predicted octanol–water partition coefficient (Wildman–Crippen LogP) is -0.0197. The van der Waals surface area contributed by atoms with E-state index in [1.165, 1.54) is 0 Å². The van der Waals surface area contributed by atoms with E-state index in [-0.39, 0.29) is 17.9 Å². The number of amides is 1. The van der Waals surface area contributed by atoms with Gasteiger partial charge >= 0.3 is 0 Å². The summed E-state index contributed by atoms with van der Waals surface area (Å²) in [5, 5.41) is 11.7. The minimum absolute atomic E-state index is 0.140. The number of aromatic amines is 2. The van der Waals surface area contributed by atoms with Gasteiger partial charge in [-0.25, -0.2) is 0 Å². The molecule has 0 aromatic carbocycles. The second-order valence-corrected chi connectivity index (χ2v) is 7.40. The molecular weight excluding hydrogens is 348 g/mol. The smallest absolute Gasteiger partial charge is 0.266 e. The quantitative estimate of drug-likeness (QED) is 0.657. The summed E-state index contributed by atoms with van der Waals surface area (Å²) in [4.78, 5) is 37.4. The molecule has 9 heteroatoms. The van der Waals surface area contributed by atoms with Crippen molar-refractivity contribution >= 4 is 5.91 Å². The number of fused-ring (bicyclic) bond motifs is 1. The van der Waals surface area contributed by atoms with Gasteiger partial charge in [0, 0.05) is 37.8 Å². The minimum atomic E-state index is -0.469. The van der Waals surface area contributed by atoms with Gasteiger partial charge in [-0.2, -0.15) is 5.10 Å².